The second-order valence-electron chi connectivity index (χ2n) is 8.39. The normalized spacial score (nSPS) is 21.3. The molecule has 0 spiro atoms. The average molecular weight is 415 g/mol. The number of imidazole rings is 2. The first-order chi connectivity index (χ1) is 14.6. The maximum Gasteiger partial charge on any atom is 0.224 e. The molecule has 0 aromatic carbocycles. The number of aromatic nitrogens is 4. The lowest BCUT2D eigenvalue weighted by molar-refractivity contribution is -0.129. The highest BCUT2D eigenvalue weighted by molar-refractivity contribution is 5.78. The first-order valence-electron chi connectivity index (χ1n) is 11.1. The molecule has 0 bridgehead atoms. The van der Waals surface area contributed by atoms with Gasteiger partial charge in [0, 0.05) is 50.7 Å². The monoisotopic (exact) mass is 414 g/mol. The number of rotatable bonds is 8. The Morgan fingerprint density at radius 2 is 1.23 bits per heavy atom. The fourth-order valence-electron chi connectivity index (χ4n) is 4.32. The standard InChI is InChI=1S/2C11H17N3O/c2*1-2-3-10-6-11(15)14(7-10)9-13-5-4-12-8-13/h2*4-5,8,10H,2-3,6-7,9H2,1H3. The molecule has 2 saturated heterocycles. The summed E-state index contributed by atoms with van der Waals surface area (Å²) in [5, 5.41) is 0. The minimum Gasteiger partial charge on any atom is -0.324 e. The van der Waals surface area contributed by atoms with Gasteiger partial charge in [0.2, 0.25) is 11.8 Å². The van der Waals surface area contributed by atoms with Crippen molar-refractivity contribution in [3.8, 4) is 0 Å². The third kappa shape index (κ3) is 6.18. The first kappa shape index (κ1) is 22.1. The number of nitrogens with zero attached hydrogens (tertiary/aromatic N) is 6. The van der Waals surface area contributed by atoms with Crippen LogP contribution in [0.25, 0.3) is 0 Å². The zero-order valence-electron chi connectivity index (χ0n) is 18.2. The van der Waals surface area contributed by atoms with Crippen LogP contribution in [0.3, 0.4) is 0 Å². The molecule has 2 unspecified atom stereocenters. The highest BCUT2D eigenvalue weighted by Crippen LogP contribution is 2.23. The fraction of sp³-hybridized carbons (Fsp3) is 0.636. The van der Waals surface area contributed by atoms with Crippen LogP contribution in [0, 0.1) is 11.8 Å². The molecule has 4 heterocycles. The molecular formula is C22H34N6O2. The molecule has 2 aliphatic heterocycles. The van der Waals surface area contributed by atoms with Crippen molar-refractivity contribution in [3.05, 3.63) is 37.4 Å². The van der Waals surface area contributed by atoms with Crippen molar-refractivity contribution < 1.29 is 9.59 Å². The Morgan fingerprint density at radius 3 is 1.57 bits per heavy atom. The van der Waals surface area contributed by atoms with Crippen molar-refractivity contribution in [2.45, 2.75) is 65.7 Å². The number of amides is 2. The number of hydrogen-bond donors (Lipinski definition) is 0. The van der Waals surface area contributed by atoms with Crippen LogP contribution in [0.4, 0.5) is 0 Å². The molecule has 2 aliphatic rings. The Bertz CT molecular complexity index is 707. The van der Waals surface area contributed by atoms with Crippen LogP contribution in [-0.2, 0) is 22.9 Å². The number of hydrogen-bond acceptors (Lipinski definition) is 4. The third-order valence-electron chi connectivity index (χ3n) is 5.77. The molecule has 0 saturated carbocycles. The molecule has 30 heavy (non-hydrogen) atoms. The van der Waals surface area contributed by atoms with Crippen molar-refractivity contribution in [1.29, 1.82) is 0 Å². The molecule has 2 fully saturated rings. The van der Waals surface area contributed by atoms with Crippen LogP contribution in [-0.4, -0.2) is 53.8 Å². The van der Waals surface area contributed by atoms with Crippen LogP contribution >= 0.6 is 0 Å². The molecule has 0 N–H and O–H groups in total. The van der Waals surface area contributed by atoms with Gasteiger partial charge in [0.15, 0.2) is 0 Å². The molecule has 0 radical (unpaired) electrons. The second kappa shape index (κ2) is 10.9. The van der Waals surface area contributed by atoms with Gasteiger partial charge in [0.1, 0.15) is 0 Å². The lowest BCUT2D eigenvalue weighted by Gasteiger charge is -2.16. The van der Waals surface area contributed by atoms with Gasteiger partial charge in [-0.05, 0) is 24.7 Å². The lowest BCUT2D eigenvalue weighted by atomic mass is 10.0. The lowest BCUT2D eigenvalue weighted by Crippen LogP contribution is -2.27. The second-order valence-corrected chi connectivity index (χ2v) is 8.39. The van der Waals surface area contributed by atoms with Crippen molar-refractivity contribution in [2.24, 2.45) is 11.8 Å². The zero-order chi connectivity index (χ0) is 21.3. The summed E-state index contributed by atoms with van der Waals surface area (Å²) in [6.45, 7) is 7.46. The van der Waals surface area contributed by atoms with Crippen molar-refractivity contribution in [2.75, 3.05) is 13.1 Å². The predicted octanol–water partition coefficient (Wildman–Crippen LogP) is 2.98. The van der Waals surface area contributed by atoms with E-state index in [1.165, 1.54) is 0 Å². The summed E-state index contributed by atoms with van der Waals surface area (Å²) in [5.41, 5.74) is 0. The van der Waals surface area contributed by atoms with Crippen LogP contribution in [0.1, 0.15) is 52.4 Å². The average Bonchev–Trinajstić information content (AvgIpc) is 3.50. The number of carbonyl (C=O) groups is 2. The summed E-state index contributed by atoms with van der Waals surface area (Å²) < 4.78 is 3.87. The van der Waals surface area contributed by atoms with Crippen LogP contribution < -0.4 is 0 Å². The molecular weight excluding hydrogens is 380 g/mol. The maximum atomic E-state index is 11.7. The maximum absolute atomic E-state index is 11.7. The quantitative estimate of drug-likeness (QED) is 0.665. The Kier molecular flexibility index (Phi) is 8.04. The smallest absolute Gasteiger partial charge is 0.224 e. The van der Waals surface area contributed by atoms with E-state index in [9.17, 15) is 9.59 Å². The van der Waals surface area contributed by atoms with Crippen LogP contribution in [0.15, 0.2) is 37.4 Å². The molecule has 2 atom stereocenters. The predicted molar refractivity (Wildman–Crippen MR) is 114 cm³/mol. The molecule has 2 amide bonds. The molecule has 2 aromatic rings. The van der Waals surface area contributed by atoms with E-state index in [-0.39, 0.29) is 11.8 Å². The zero-order valence-corrected chi connectivity index (χ0v) is 18.2. The van der Waals surface area contributed by atoms with Crippen LogP contribution in [0.2, 0.25) is 0 Å². The largest absolute Gasteiger partial charge is 0.324 e. The van der Waals surface area contributed by atoms with E-state index < -0.39 is 0 Å². The molecule has 2 aromatic heterocycles. The Hall–Kier alpha value is -2.64. The molecule has 8 nitrogen and oxygen atoms in total. The molecule has 4 rings (SSSR count). The van der Waals surface area contributed by atoms with Gasteiger partial charge in [-0.1, -0.05) is 26.7 Å². The summed E-state index contributed by atoms with van der Waals surface area (Å²) in [6.07, 6.45) is 16.9. The van der Waals surface area contributed by atoms with Gasteiger partial charge in [-0.2, -0.15) is 0 Å². The third-order valence-corrected chi connectivity index (χ3v) is 5.77. The van der Waals surface area contributed by atoms with Crippen LogP contribution in [0.5, 0.6) is 0 Å². The van der Waals surface area contributed by atoms with E-state index in [0.717, 1.165) is 51.6 Å². The van der Waals surface area contributed by atoms with Gasteiger partial charge in [-0.15, -0.1) is 0 Å². The van der Waals surface area contributed by atoms with E-state index in [2.05, 4.69) is 23.8 Å². The molecule has 164 valence electrons. The van der Waals surface area contributed by atoms with Crippen molar-refractivity contribution in [1.82, 2.24) is 28.9 Å². The van der Waals surface area contributed by atoms with E-state index in [1.54, 1.807) is 25.0 Å². The van der Waals surface area contributed by atoms with Gasteiger partial charge >= 0.3 is 0 Å². The van der Waals surface area contributed by atoms with Gasteiger partial charge in [-0.25, -0.2) is 9.97 Å². The minimum absolute atomic E-state index is 0.280. The summed E-state index contributed by atoms with van der Waals surface area (Å²) in [7, 11) is 0. The topological polar surface area (TPSA) is 76.3 Å². The first-order valence-corrected chi connectivity index (χ1v) is 11.1. The summed E-state index contributed by atoms with van der Waals surface area (Å²) >= 11 is 0. The molecule has 8 heteroatoms. The summed E-state index contributed by atoms with van der Waals surface area (Å²) in [4.78, 5) is 35.1. The SMILES string of the molecule is CCCC1CC(=O)N(Cn2ccnc2)C1.CCCC1CC(=O)N(Cn2ccnc2)C1. The van der Waals surface area contributed by atoms with Crippen molar-refractivity contribution in [3.63, 3.8) is 0 Å². The fourth-order valence-corrected chi connectivity index (χ4v) is 4.32. The van der Waals surface area contributed by atoms with E-state index in [4.69, 9.17) is 0 Å². The number of likely N-dealkylation sites (tertiary alicyclic amines) is 2. The van der Waals surface area contributed by atoms with E-state index in [1.807, 2.05) is 31.3 Å². The Morgan fingerprint density at radius 1 is 0.800 bits per heavy atom. The molecule has 0 aliphatic carbocycles. The summed E-state index contributed by atoms with van der Waals surface area (Å²) in [6, 6.07) is 0. The minimum atomic E-state index is 0.280. The van der Waals surface area contributed by atoms with Gasteiger partial charge < -0.3 is 18.9 Å². The Balaban J connectivity index is 0.000000171. The van der Waals surface area contributed by atoms with Gasteiger partial charge in [0.05, 0.1) is 26.0 Å². The van der Waals surface area contributed by atoms with E-state index >= 15 is 0 Å². The van der Waals surface area contributed by atoms with Crippen molar-refractivity contribution >= 4 is 11.8 Å². The Labute approximate surface area is 178 Å². The summed E-state index contributed by atoms with van der Waals surface area (Å²) in [5.74, 6) is 1.68. The van der Waals surface area contributed by atoms with Gasteiger partial charge in [0.25, 0.3) is 0 Å². The highest BCUT2D eigenvalue weighted by Gasteiger charge is 2.29. The number of carbonyl (C=O) groups excluding carboxylic acids is 2. The van der Waals surface area contributed by atoms with Gasteiger partial charge in [-0.3, -0.25) is 9.59 Å². The van der Waals surface area contributed by atoms with E-state index in [0.29, 0.717) is 25.2 Å². The highest BCUT2D eigenvalue weighted by atomic mass is 16.2.